The molecule has 2 rings (SSSR count). The number of amides is 3. The predicted molar refractivity (Wildman–Crippen MR) is 80.6 cm³/mol. The first kappa shape index (κ1) is 18.0. The molecule has 0 unspecified atom stereocenters. The summed E-state index contributed by atoms with van der Waals surface area (Å²) in [5.74, 6) is -0.328. The van der Waals surface area contributed by atoms with Gasteiger partial charge in [-0.2, -0.15) is 13.2 Å². The molecule has 10 heteroatoms. The number of hydrogen-bond donors (Lipinski definition) is 2. The summed E-state index contributed by atoms with van der Waals surface area (Å²) < 4.78 is 42.7. The van der Waals surface area contributed by atoms with Crippen LogP contribution < -0.4 is 15.9 Å². The van der Waals surface area contributed by atoms with Crippen molar-refractivity contribution in [1.82, 2.24) is 15.4 Å². The molecule has 0 atom stereocenters. The third-order valence-electron chi connectivity index (χ3n) is 3.00. The van der Waals surface area contributed by atoms with E-state index in [1.807, 2.05) is 0 Å². The highest BCUT2D eigenvalue weighted by molar-refractivity contribution is 5.95. The summed E-state index contributed by atoms with van der Waals surface area (Å²) in [6.07, 6.45) is -3.81. The molecule has 7 nitrogen and oxygen atoms in total. The summed E-state index contributed by atoms with van der Waals surface area (Å²) in [4.78, 5) is 26.3. The summed E-state index contributed by atoms with van der Waals surface area (Å²) in [6.45, 7) is 0. The lowest BCUT2D eigenvalue weighted by molar-refractivity contribution is -0.137. The number of ether oxygens (including phenoxy) is 1. The molecule has 132 valence electrons. The molecule has 1 heterocycles. The number of nitrogens with two attached hydrogens (primary N) is 1. The van der Waals surface area contributed by atoms with E-state index in [4.69, 9.17) is 10.5 Å². The lowest BCUT2D eigenvalue weighted by atomic mass is 10.2. The van der Waals surface area contributed by atoms with Gasteiger partial charge in [0.05, 0.1) is 5.56 Å². The second-order valence-corrected chi connectivity index (χ2v) is 4.85. The van der Waals surface area contributed by atoms with Gasteiger partial charge in [-0.05, 0) is 30.3 Å². The fraction of sp³-hybridized carbons (Fsp3) is 0.133. The van der Waals surface area contributed by atoms with Crippen LogP contribution in [0.4, 0.5) is 18.0 Å². The van der Waals surface area contributed by atoms with Gasteiger partial charge in [0.15, 0.2) is 0 Å². The van der Waals surface area contributed by atoms with Crippen molar-refractivity contribution in [2.75, 3.05) is 7.05 Å². The van der Waals surface area contributed by atoms with E-state index in [1.54, 1.807) is 0 Å². The van der Waals surface area contributed by atoms with Crippen LogP contribution in [0.1, 0.15) is 15.9 Å². The van der Waals surface area contributed by atoms with E-state index in [-0.39, 0.29) is 17.2 Å². The van der Waals surface area contributed by atoms with E-state index in [2.05, 4.69) is 10.4 Å². The number of aromatic nitrogens is 1. The predicted octanol–water partition coefficient (Wildman–Crippen LogP) is 2.55. The number of alkyl halides is 3. The van der Waals surface area contributed by atoms with Gasteiger partial charge < -0.3 is 10.5 Å². The summed E-state index contributed by atoms with van der Waals surface area (Å²) in [5, 5.41) is 0.818. The van der Waals surface area contributed by atoms with E-state index in [0.29, 0.717) is 6.20 Å². The lowest BCUT2D eigenvalue weighted by Gasteiger charge is -2.15. The fourth-order valence-electron chi connectivity index (χ4n) is 1.68. The Labute approximate surface area is 140 Å². The standard InChI is InChI=1S/C15H13F3N4O3/c1-22(14(19)24)21-13(23)9-2-5-11(6-3-9)25-12-7-4-10(8-20-12)15(16,17)18/h2-8H,1H3,(H2,19,24)(H,21,23). The molecule has 1 aromatic carbocycles. The van der Waals surface area contributed by atoms with Crippen LogP contribution in [0.3, 0.4) is 0 Å². The average molecular weight is 354 g/mol. The minimum atomic E-state index is -4.47. The van der Waals surface area contributed by atoms with Crippen LogP contribution in [-0.4, -0.2) is 29.0 Å². The van der Waals surface area contributed by atoms with Crippen molar-refractivity contribution in [1.29, 1.82) is 0 Å². The Kier molecular flexibility index (Phi) is 5.11. The summed E-state index contributed by atoms with van der Waals surface area (Å²) in [5.41, 5.74) is 6.57. The Balaban J connectivity index is 2.03. The fourth-order valence-corrected chi connectivity index (χ4v) is 1.68. The molecule has 0 fully saturated rings. The van der Waals surface area contributed by atoms with Gasteiger partial charge in [0.2, 0.25) is 5.88 Å². The molecule has 0 aliphatic carbocycles. The number of urea groups is 1. The number of pyridine rings is 1. The zero-order valence-electron chi connectivity index (χ0n) is 12.9. The van der Waals surface area contributed by atoms with E-state index in [1.165, 1.54) is 31.3 Å². The second-order valence-electron chi connectivity index (χ2n) is 4.85. The molecule has 3 N–H and O–H groups in total. The largest absolute Gasteiger partial charge is 0.439 e. The second kappa shape index (κ2) is 7.07. The molecule has 2 aromatic rings. The highest BCUT2D eigenvalue weighted by Gasteiger charge is 2.30. The molecule has 0 bridgehead atoms. The van der Waals surface area contributed by atoms with Crippen LogP contribution >= 0.6 is 0 Å². The first-order valence-electron chi connectivity index (χ1n) is 6.82. The maximum atomic E-state index is 12.5. The first-order valence-corrected chi connectivity index (χ1v) is 6.82. The number of nitrogens with one attached hydrogen (secondary N) is 1. The smallest absolute Gasteiger partial charge is 0.417 e. The molecule has 0 aliphatic heterocycles. The minimum absolute atomic E-state index is 0.0290. The lowest BCUT2D eigenvalue weighted by Crippen LogP contribution is -2.46. The van der Waals surface area contributed by atoms with Crippen molar-refractivity contribution in [3.63, 3.8) is 0 Å². The number of hydrazine groups is 1. The number of primary amides is 1. The number of carbonyl (C=O) groups excluding carboxylic acids is 2. The normalized spacial score (nSPS) is 10.9. The quantitative estimate of drug-likeness (QED) is 0.828. The molecule has 0 aliphatic rings. The molecule has 0 spiro atoms. The van der Waals surface area contributed by atoms with Crippen molar-refractivity contribution in [2.45, 2.75) is 6.18 Å². The van der Waals surface area contributed by atoms with Gasteiger partial charge in [-0.15, -0.1) is 0 Å². The van der Waals surface area contributed by atoms with Gasteiger partial charge in [-0.25, -0.2) is 14.8 Å². The van der Waals surface area contributed by atoms with Gasteiger partial charge in [-0.3, -0.25) is 10.2 Å². The molecule has 1 aromatic heterocycles. The van der Waals surface area contributed by atoms with Crippen molar-refractivity contribution in [3.05, 3.63) is 53.7 Å². The third-order valence-corrected chi connectivity index (χ3v) is 3.00. The molecule has 3 amide bonds. The Morgan fingerprint density at radius 1 is 1.16 bits per heavy atom. The van der Waals surface area contributed by atoms with Crippen molar-refractivity contribution < 1.29 is 27.5 Å². The number of rotatable bonds is 3. The highest BCUT2D eigenvalue weighted by Crippen LogP contribution is 2.30. The van der Waals surface area contributed by atoms with Crippen molar-refractivity contribution in [2.24, 2.45) is 5.73 Å². The van der Waals surface area contributed by atoms with Crippen LogP contribution in [0.15, 0.2) is 42.6 Å². The SMILES string of the molecule is CN(NC(=O)c1ccc(Oc2ccc(C(F)(F)F)cn2)cc1)C(N)=O. The van der Waals surface area contributed by atoms with Gasteiger partial charge >= 0.3 is 12.2 Å². The van der Waals surface area contributed by atoms with Crippen LogP contribution in [0.25, 0.3) is 0 Å². The molecule has 0 saturated carbocycles. The topological polar surface area (TPSA) is 97.6 Å². The Morgan fingerprint density at radius 2 is 1.80 bits per heavy atom. The number of nitrogens with zero attached hydrogens (tertiary/aromatic N) is 2. The van der Waals surface area contributed by atoms with E-state index in [9.17, 15) is 22.8 Å². The monoisotopic (exact) mass is 354 g/mol. The van der Waals surface area contributed by atoms with Gasteiger partial charge in [-0.1, -0.05) is 0 Å². The van der Waals surface area contributed by atoms with E-state index < -0.39 is 23.7 Å². The molecule has 0 saturated heterocycles. The van der Waals surface area contributed by atoms with Crippen LogP contribution in [-0.2, 0) is 6.18 Å². The maximum Gasteiger partial charge on any atom is 0.417 e. The van der Waals surface area contributed by atoms with Crippen molar-refractivity contribution in [3.8, 4) is 11.6 Å². The molecule has 0 radical (unpaired) electrons. The number of carbonyl (C=O) groups is 2. The van der Waals surface area contributed by atoms with Crippen LogP contribution in [0.2, 0.25) is 0 Å². The summed E-state index contributed by atoms with van der Waals surface area (Å²) in [7, 11) is 1.29. The Morgan fingerprint density at radius 3 is 2.28 bits per heavy atom. The minimum Gasteiger partial charge on any atom is -0.439 e. The first-order chi connectivity index (χ1) is 11.7. The number of halogens is 3. The van der Waals surface area contributed by atoms with Crippen LogP contribution in [0, 0.1) is 0 Å². The Bertz CT molecular complexity index is 761. The van der Waals surface area contributed by atoms with Gasteiger partial charge in [0.1, 0.15) is 5.75 Å². The van der Waals surface area contributed by atoms with Gasteiger partial charge in [0, 0.05) is 24.9 Å². The Hall–Kier alpha value is -3.30. The zero-order chi connectivity index (χ0) is 18.6. The maximum absolute atomic E-state index is 12.5. The van der Waals surface area contributed by atoms with Crippen LogP contribution in [0.5, 0.6) is 11.6 Å². The summed E-state index contributed by atoms with van der Waals surface area (Å²) >= 11 is 0. The number of hydrogen-bond acceptors (Lipinski definition) is 4. The molecular weight excluding hydrogens is 341 g/mol. The van der Waals surface area contributed by atoms with Crippen molar-refractivity contribution >= 4 is 11.9 Å². The third kappa shape index (κ3) is 4.83. The van der Waals surface area contributed by atoms with E-state index >= 15 is 0 Å². The number of benzene rings is 1. The van der Waals surface area contributed by atoms with E-state index in [0.717, 1.165) is 17.1 Å². The zero-order valence-corrected chi connectivity index (χ0v) is 12.9. The molecule has 25 heavy (non-hydrogen) atoms. The average Bonchev–Trinajstić information content (AvgIpc) is 2.55. The molecular formula is C15H13F3N4O3. The highest BCUT2D eigenvalue weighted by atomic mass is 19.4. The van der Waals surface area contributed by atoms with Gasteiger partial charge in [0.25, 0.3) is 5.91 Å². The summed E-state index contributed by atoms with van der Waals surface area (Å²) in [6, 6.07) is 6.78.